The second-order valence-corrected chi connectivity index (χ2v) is 10.9. The smallest absolute Gasteiger partial charge is 0.306 e. The molecule has 0 rings (SSSR count). The fraction of sp³-hybridized carbons (Fsp3) is 0.909. The molecule has 0 heterocycles. The summed E-state index contributed by atoms with van der Waals surface area (Å²) in [7, 11) is 0. The minimum atomic E-state index is -0.525. The van der Waals surface area contributed by atoms with Crippen molar-refractivity contribution in [1.29, 1.82) is 0 Å². The van der Waals surface area contributed by atoms with Crippen molar-refractivity contribution in [3.8, 4) is 0 Å². The van der Waals surface area contributed by atoms with Crippen molar-refractivity contribution in [3.63, 3.8) is 0 Å². The van der Waals surface area contributed by atoms with E-state index in [-0.39, 0.29) is 12.6 Å². The molecule has 4 nitrogen and oxygen atoms in total. The van der Waals surface area contributed by atoms with Crippen molar-refractivity contribution in [2.45, 2.75) is 174 Å². The average molecular weight is 525 g/mol. The summed E-state index contributed by atoms with van der Waals surface area (Å²) in [5.41, 5.74) is 0. The molecule has 0 aliphatic heterocycles. The van der Waals surface area contributed by atoms with Gasteiger partial charge in [-0.2, -0.15) is 0 Å². The van der Waals surface area contributed by atoms with E-state index in [0.29, 0.717) is 19.6 Å². The highest BCUT2D eigenvalue weighted by atomic mass is 16.6. The lowest BCUT2D eigenvalue weighted by molar-refractivity contribution is -0.154. The van der Waals surface area contributed by atoms with Gasteiger partial charge >= 0.3 is 5.97 Å². The van der Waals surface area contributed by atoms with E-state index >= 15 is 0 Å². The maximum absolute atomic E-state index is 11.9. The van der Waals surface area contributed by atoms with Crippen LogP contribution in [-0.2, 0) is 14.3 Å². The van der Waals surface area contributed by atoms with Crippen LogP contribution in [-0.4, -0.2) is 37.0 Å². The number of carbonyl (C=O) groups is 1. The molecule has 1 atom stereocenters. The molecule has 0 spiro atoms. The zero-order valence-corrected chi connectivity index (χ0v) is 25.0. The summed E-state index contributed by atoms with van der Waals surface area (Å²) in [6.45, 7) is 5.29. The quantitative estimate of drug-likeness (QED) is 0.0577. The van der Waals surface area contributed by atoms with E-state index in [1.165, 1.54) is 128 Å². The summed E-state index contributed by atoms with van der Waals surface area (Å²) in [6, 6.07) is 0. The molecule has 0 saturated carbocycles. The second-order valence-electron chi connectivity index (χ2n) is 10.9. The molecule has 37 heavy (non-hydrogen) atoms. The van der Waals surface area contributed by atoms with Gasteiger partial charge in [-0.15, -0.1) is 0 Å². The molecule has 0 amide bonds. The number of ether oxygens (including phenoxy) is 2. The van der Waals surface area contributed by atoms with Crippen molar-refractivity contribution < 1.29 is 19.4 Å². The van der Waals surface area contributed by atoms with Crippen molar-refractivity contribution in [2.75, 3.05) is 19.8 Å². The van der Waals surface area contributed by atoms with E-state index in [4.69, 9.17) is 9.47 Å². The second kappa shape index (κ2) is 31.3. The molecule has 4 heteroatoms. The zero-order chi connectivity index (χ0) is 27.1. The highest BCUT2D eigenvalue weighted by molar-refractivity contribution is 5.69. The fourth-order valence-electron chi connectivity index (χ4n) is 4.62. The molecule has 0 saturated heterocycles. The predicted molar refractivity (Wildman–Crippen MR) is 159 cm³/mol. The van der Waals surface area contributed by atoms with Gasteiger partial charge in [-0.05, 0) is 38.5 Å². The van der Waals surface area contributed by atoms with E-state index in [9.17, 15) is 9.90 Å². The maximum Gasteiger partial charge on any atom is 0.306 e. The number of esters is 1. The van der Waals surface area contributed by atoms with Crippen molar-refractivity contribution >= 4 is 5.97 Å². The van der Waals surface area contributed by atoms with Crippen LogP contribution in [0, 0.1) is 0 Å². The van der Waals surface area contributed by atoms with Crippen LogP contribution in [0.2, 0.25) is 0 Å². The molecule has 0 aromatic rings. The lowest BCUT2D eigenvalue weighted by Crippen LogP contribution is -2.27. The molecule has 0 bridgehead atoms. The van der Waals surface area contributed by atoms with Crippen LogP contribution in [0.15, 0.2) is 12.2 Å². The Morgan fingerprint density at radius 1 is 0.622 bits per heavy atom. The number of aliphatic hydroxyl groups is 1. The summed E-state index contributed by atoms with van der Waals surface area (Å²) >= 11 is 0. The zero-order valence-electron chi connectivity index (χ0n) is 25.0. The Labute approximate surface area is 231 Å². The Balaban J connectivity index is 3.36. The topological polar surface area (TPSA) is 55.8 Å². The third-order valence-electron chi connectivity index (χ3n) is 7.09. The highest BCUT2D eigenvalue weighted by Crippen LogP contribution is 2.12. The summed E-state index contributed by atoms with van der Waals surface area (Å²) in [5.74, 6) is -0.210. The number of rotatable bonds is 30. The average Bonchev–Trinajstić information content (AvgIpc) is 2.90. The monoisotopic (exact) mass is 524 g/mol. The normalized spacial score (nSPS) is 12.4. The molecule has 0 aromatic carbocycles. The van der Waals surface area contributed by atoms with Gasteiger partial charge in [0.05, 0.1) is 13.2 Å². The molecule has 220 valence electrons. The lowest BCUT2D eigenvalue weighted by atomic mass is 10.1. The lowest BCUT2D eigenvalue weighted by Gasteiger charge is -2.15. The molecule has 1 unspecified atom stereocenters. The minimum absolute atomic E-state index is 0.169. The number of hydrogen-bond acceptors (Lipinski definition) is 4. The van der Waals surface area contributed by atoms with E-state index in [1.807, 2.05) is 0 Å². The van der Waals surface area contributed by atoms with Gasteiger partial charge in [-0.25, -0.2) is 0 Å². The van der Waals surface area contributed by atoms with Crippen molar-refractivity contribution in [3.05, 3.63) is 12.2 Å². The predicted octanol–water partition coefficient (Wildman–Crippen LogP) is 9.87. The summed E-state index contributed by atoms with van der Waals surface area (Å²) in [4.78, 5) is 11.9. The number of aliphatic hydroxyl groups excluding tert-OH is 1. The Morgan fingerprint density at radius 3 is 1.54 bits per heavy atom. The van der Waals surface area contributed by atoms with Gasteiger partial charge in [-0.3, -0.25) is 4.79 Å². The third-order valence-corrected chi connectivity index (χ3v) is 7.09. The highest BCUT2D eigenvalue weighted by Gasteiger charge is 2.13. The fourth-order valence-corrected chi connectivity index (χ4v) is 4.62. The first-order valence-corrected chi connectivity index (χ1v) is 16.3. The van der Waals surface area contributed by atoms with Gasteiger partial charge in [0.2, 0.25) is 0 Å². The van der Waals surface area contributed by atoms with Crippen LogP contribution in [0.4, 0.5) is 0 Å². The van der Waals surface area contributed by atoms with E-state index in [2.05, 4.69) is 26.0 Å². The van der Waals surface area contributed by atoms with Gasteiger partial charge in [0.1, 0.15) is 6.10 Å². The van der Waals surface area contributed by atoms with E-state index in [1.54, 1.807) is 0 Å². The van der Waals surface area contributed by atoms with Gasteiger partial charge in [0, 0.05) is 13.0 Å². The largest absolute Gasteiger partial charge is 0.457 e. The Bertz CT molecular complexity index is 477. The molecule has 0 radical (unpaired) electrons. The van der Waals surface area contributed by atoms with Crippen LogP contribution in [0.1, 0.15) is 168 Å². The summed E-state index contributed by atoms with van der Waals surface area (Å²) in [6.07, 6.45) is 34.0. The Morgan fingerprint density at radius 2 is 1.05 bits per heavy atom. The van der Waals surface area contributed by atoms with Crippen LogP contribution >= 0.6 is 0 Å². The number of unbranched alkanes of at least 4 members (excludes halogenated alkanes) is 20. The van der Waals surface area contributed by atoms with E-state index in [0.717, 1.165) is 19.3 Å². The SMILES string of the molecule is CCCCCCCCC/C=C\CCCCCCCCCCOCC(CO)OC(=O)CCCCCCCC. The van der Waals surface area contributed by atoms with Crippen molar-refractivity contribution in [2.24, 2.45) is 0 Å². The Hall–Kier alpha value is -0.870. The van der Waals surface area contributed by atoms with Crippen LogP contribution in [0.5, 0.6) is 0 Å². The van der Waals surface area contributed by atoms with Crippen LogP contribution < -0.4 is 0 Å². The standard InChI is InChI=1S/C33H64O4/c1-3-5-7-9-11-12-13-14-15-16-17-18-19-20-21-22-23-25-27-29-36-31-32(30-34)37-33(35)28-26-24-10-8-6-4-2/h15-16,32,34H,3-14,17-31H2,1-2H3/b16-15-. The number of hydrogen-bond donors (Lipinski definition) is 1. The number of allylic oxidation sites excluding steroid dienone is 2. The first-order valence-electron chi connectivity index (χ1n) is 16.3. The van der Waals surface area contributed by atoms with Crippen LogP contribution in [0.3, 0.4) is 0 Å². The van der Waals surface area contributed by atoms with Crippen molar-refractivity contribution in [1.82, 2.24) is 0 Å². The van der Waals surface area contributed by atoms with Crippen LogP contribution in [0.25, 0.3) is 0 Å². The minimum Gasteiger partial charge on any atom is -0.457 e. The summed E-state index contributed by atoms with van der Waals surface area (Å²) in [5, 5.41) is 9.45. The van der Waals surface area contributed by atoms with Gasteiger partial charge < -0.3 is 14.6 Å². The molecule has 0 aliphatic rings. The third kappa shape index (κ3) is 29.5. The van der Waals surface area contributed by atoms with E-state index < -0.39 is 6.10 Å². The molecular weight excluding hydrogens is 460 g/mol. The first-order chi connectivity index (χ1) is 18.2. The van der Waals surface area contributed by atoms with Gasteiger partial charge in [0.15, 0.2) is 0 Å². The molecule has 1 N–H and O–H groups in total. The molecule has 0 aliphatic carbocycles. The Kier molecular flexibility index (Phi) is 30.6. The maximum atomic E-state index is 11.9. The molecule has 0 aromatic heterocycles. The molecular formula is C33H64O4. The van der Waals surface area contributed by atoms with Gasteiger partial charge in [0.25, 0.3) is 0 Å². The first kappa shape index (κ1) is 36.1. The number of carbonyl (C=O) groups excluding carboxylic acids is 1. The van der Waals surface area contributed by atoms with Gasteiger partial charge in [-0.1, -0.05) is 135 Å². The molecule has 0 fully saturated rings. The summed E-state index contributed by atoms with van der Waals surface area (Å²) < 4.78 is 11.0.